The maximum atomic E-state index is 12.1. The first kappa shape index (κ1) is 10.9. The van der Waals surface area contributed by atoms with Gasteiger partial charge in [0.15, 0.2) is 5.76 Å². The Morgan fingerprint density at radius 2 is 1.83 bits per heavy atom. The highest BCUT2D eigenvalue weighted by atomic mass is 19.3. The summed E-state index contributed by atoms with van der Waals surface area (Å²) in [4.78, 5) is 0. The van der Waals surface area contributed by atoms with Gasteiger partial charge in [-0.15, -0.1) is 8.78 Å². The molecule has 0 amide bonds. The van der Waals surface area contributed by atoms with Crippen molar-refractivity contribution < 1.29 is 18.3 Å². The molecule has 4 heteroatoms. The highest BCUT2D eigenvalue weighted by molar-refractivity contribution is 5.15. The summed E-state index contributed by atoms with van der Waals surface area (Å²) in [5, 5.41) is 0. The van der Waals surface area contributed by atoms with Gasteiger partial charge in [-0.25, -0.2) is 0 Å². The van der Waals surface area contributed by atoms with Crippen molar-refractivity contribution in [3.05, 3.63) is 24.2 Å². The first-order valence-electron chi connectivity index (χ1n) is 3.64. The van der Waals surface area contributed by atoms with Crippen LogP contribution in [-0.4, -0.2) is 6.29 Å². The van der Waals surface area contributed by atoms with Crippen LogP contribution in [0.15, 0.2) is 24.2 Å². The molecule has 0 saturated carbocycles. The molecule has 0 spiro atoms. The minimum Gasteiger partial charge on any atom is -0.400 e. The van der Waals surface area contributed by atoms with E-state index in [0.717, 1.165) is 0 Å². The number of hydrogen-bond acceptors (Lipinski definition) is 2. The Morgan fingerprint density at radius 1 is 1.33 bits per heavy atom. The lowest BCUT2D eigenvalue weighted by Crippen LogP contribution is -2.16. The van der Waals surface area contributed by atoms with Crippen LogP contribution >= 0.6 is 0 Å². The maximum absolute atomic E-state index is 12.1. The van der Waals surface area contributed by atoms with Gasteiger partial charge in [-0.05, 0) is 13.0 Å². The van der Waals surface area contributed by atoms with Crippen molar-refractivity contribution in [2.24, 2.45) is 0 Å². The Bertz CT molecular complexity index is 197. The van der Waals surface area contributed by atoms with Gasteiger partial charge in [0, 0.05) is 0 Å². The predicted octanol–water partition coefficient (Wildman–Crippen LogP) is 3.03. The molecule has 1 aliphatic heterocycles. The second-order valence-corrected chi connectivity index (χ2v) is 1.79. The van der Waals surface area contributed by atoms with Crippen LogP contribution in [0.4, 0.5) is 8.78 Å². The van der Waals surface area contributed by atoms with Gasteiger partial charge in [-0.1, -0.05) is 20.4 Å². The standard InChI is InChI=1S/C6H6F2O2.C2H6/c1-3-5-4(2)9-6(7,8)10-5;1-2/h3H,1H2,2H3;1-2H3. The van der Waals surface area contributed by atoms with E-state index in [-0.39, 0.29) is 11.5 Å². The van der Waals surface area contributed by atoms with Crippen LogP contribution in [0.3, 0.4) is 0 Å². The molecule has 0 saturated heterocycles. The molecule has 1 heterocycles. The monoisotopic (exact) mass is 178 g/mol. The van der Waals surface area contributed by atoms with E-state index in [0.29, 0.717) is 0 Å². The average Bonchev–Trinajstić information content (AvgIpc) is 2.28. The molecule has 0 fully saturated rings. The Hall–Kier alpha value is -1.06. The SMILES string of the molecule is C=CC1=C(C)OC(F)(F)O1.CC. The van der Waals surface area contributed by atoms with Gasteiger partial charge in [0.25, 0.3) is 0 Å². The molecule has 12 heavy (non-hydrogen) atoms. The third kappa shape index (κ3) is 2.53. The smallest absolute Gasteiger partial charge is 0.400 e. The normalized spacial score (nSPS) is 18.8. The topological polar surface area (TPSA) is 18.5 Å². The number of ether oxygens (including phenoxy) is 2. The van der Waals surface area contributed by atoms with Gasteiger partial charge in [0.2, 0.25) is 0 Å². The average molecular weight is 178 g/mol. The van der Waals surface area contributed by atoms with Crippen LogP contribution in [0.2, 0.25) is 0 Å². The highest BCUT2D eigenvalue weighted by Gasteiger charge is 2.42. The zero-order valence-corrected chi connectivity index (χ0v) is 7.36. The first-order valence-corrected chi connectivity index (χ1v) is 3.64. The third-order valence-corrected chi connectivity index (χ3v) is 1.03. The fraction of sp³-hybridized carbons (Fsp3) is 0.500. The van der Waals surface area contributed by atoms with E-state index in [1.54, 1.807) is 0 Å². The van der Waals surface area contributed by atoms with Crippen molar-refractivity contribution in [2.75, 3.05) is 0 Å². The van der Waals surface area contributed by atoms with Gasteiger partial charge in [0.05, 0.1) is 0 Å². The van der Waals surface area contributed by atoms with E-state index >= 15 is 0 Å². The van der Waals surface area contributed by atoms with Crippen molar-refractivity contribution in [1.29, 1.82) is 0 Å². The van der Waals surface area contributed by atoms with Gasteiger partial charge in [-0.3, -0.25) is 0 Å². The van der Waals surface area contributed by atoms with Crippen molar-refractivity contribution in [1.82, 2.24) is 0 Å². The summed E-state index contributed by atoms with van der Waals surface area (Å²) >= 11 is 0. The van der Waals surface area contributed by atoms with Crippen LogP contribution in [0.25, 0.3) is 0 Å². The Labute approximate surface area is 70.5 Å². The molecule has 0 N–H and O–H groups in total. The lowest BCUT2D eigenvalue weighted by molar-refractivity contribution is -0.336. The zero-order chi connectivity index (χ0) is 9.78. The van der Waals surface area contributed by atoms with E-state index in [1.165, 1.54) is 13.0 Å². The van der Waals surface area contributed by atoms with E-state index in [1.807, 2.05) is 13.8 Å². The van der Waals surface area contributed by atoms with Crippen LogP contribution in [0.5, 0.6) is 0 Å². The molecule has 1 aliphatic rings. The van der Waals surface area contributed by atoms with Crippen LogP contribution in [0.1, 0.15) is 20.8 Å². The molecular weight excluding hydrogens is 166 g/mol. The number of rotatable bonds is 1. The fourth-order valence-electron chi connectivity index (χ4n) is 0.635. The van der Waals surface area contributed by atoms with Crippen molar-refractivity contribution in [2.45, 2.75) is 27.1 Å². The summed E-state index contributed by atoms with van der Waals surface area (Å²) in [5.41, 5.74) is 0. The second-order valence-electron chi connectivity index (χ2n) is 1.79. The highest BCUT2D eigenvalue weighted by Crippen LogP contribution is 2.33. The third-order valence-electron chi connectivity index (χ3n) is 1.03. The molecule has 0 atom stereocenters. The van der Waals surface area contributed by atoms with E-state index in [4.69, 9.17) is 0 Å². The summed E-state index contributed by atoms with van der Waals surface area (Å²) < 4.78 is 32.2. The van der Waals surface area contributed by atoms with E-state index < -0.39 is 6.29 Å². The molecule has 0 unspecified atom stereocenters. The van der Waals surface area contributed by atoms with Crippen LogP contribution < -0.4 is 0 Å². The van der Waals surface area contributed by atoms with E-state index in [2.05, 4.69) is 16.1 Å². The van der Waals surface area contributed by atoms with Crippen molar-refractivity contribution in [3.63, 3.8) is 0 Å². The maximum Gasteiger partial charge on any atom is 0.585 e. The van der Waals surface area contributed by atoms with Gasteiger partial charge in [0.1, 0.15) is 5.76 Å². The molecule has 0 bridgehead atoms. The number of alkyl halides is 2. The minimum absolute atomic E-state index is 0.00926. The quantitative estimate of drug-likeness (QED) is 0.614. The number of hydrogen-bond donors (Lipinski definition) is 0. The molecule has 1 rings (SSSR count). The van der Waals surface area contributed by atoms with Crippen molar-refractivity contribution in [3.8, 4) is 0 Å². The first-order chi connectivity index (χ1) is 5.55. The molecule has 0 aromatic heterocycles. The molecule has 2 nitrogen and oxygen atoms in total. The van der Waals surface area contributed by atoms with Crippen LogP contribution in [0, 0.1) is 0 Å². The summed E-state index contributed by atoms with van der Waals surface area (Å²) in [7, 11) is 0. The Kier molecular flexibility index (Phi) is 3.73. The number of allylic oxidation sites excluding steroid dienone is 2. The predicted molar refractivity (Wildman–Crippen MR) is 41.4 cm³/mol. The molecule has 0 aromatic carbocycles. The molecule has 0 aromatic rings. The summed E-state index contributed by atoms with van der Waals surface area (Å²) in [6, 6.07) is 0. The zero-order valence-electron chi connectivity index (χ0n) is 7.36. The molecule has 70 valence electrons. The van der Waals surface area contributed by atoms with Gasteiger partial charge < -0.3 is 9.47 Å². The number of halogens is 2. The molecular formula is C8H12F2O2. The summed E-state index contributed by atoms with van der Waals surface area (Å²) in [6.45, 7) is 8.65. The second kappa shape index (κ2) is 4.09. The minimum atomic E-state index is -3.51. The summed E-state index contributed by atoms with van der Waals surface area (Å²) in [6.07, 6.45) is -2.33. The molecule has 0 aliphatic carbocycles. The van der Waals surface area contributed by atoms with Crippen LogP contribution in [-0.2, 0) is 9.47 Å². The van der Waals surface area contributed by atoms with Gasteiger partial charge >= 0.3 is 6.29 Å². The summed E-state index contributed by atoms with van der Waals surface area (Å²) in [5.74, 6) is 0.0463. The lowest BCUT2D eigenvalue weighted by atomic mass is 10.4. The molecule has 0 radical (unpaired) electrons. The lowest BCUT2D eigenvalue weighted by Gasteiger charge is -2.06. The fourth-order valence-corrected chi connectivity index (χ4v) is 0.635. The Balaban J connectivity index is 0.000000561. The van der Waals surface area contributed by atoms with Gasteiger partial charge in [-0.2, -0.15) is 0 Å². The van der Waals surface area contributed by atoms with Crippen molar-refractivity contribution >= 4 is 0 Å². The largest absolute Gasteiger partial charge is 0.585 e. The Morgan fingerprint density at radius 3 is 2.00 bits per heavy atom. The van der Waals surface area contributed by atoms with E-state index in [9.17, 15) is 8.78 Å².